The van der Waals surface area contributed by atoms with Gasteiger partial charge in [0.05, 0.1) is 0 Å². The molecular weight excluding hydrogens is 174 g/mol. The zero-order valence-corrected chi connectivity index (χ0v) is 7.72. The van der Waals surface area contributed by atoms with Gasteiger partial charge in [0.25, 0.3) is 0 Å². The van der Waals surface area contributed by atoms with Crippen molar-refractivity contribution in [3.05, 3.63) is 54.1 Å². The minimum Gasteiger partial charge on any atom is -0.399 e. The molecule has 0 aromatic carbocycles. The normalized spacial score (nSPS) is 10.0. The van der Waals surface area contributed by atoms with Crippen molar-refractivity contribution in [3.63, 3.8) is 0 Å². The molecule has 70 valence electrons. The van der Waals surface area contributed by atoms with Crippen LogP contribution in [0.15, 0.2) is 42.7 Å². The van der Waals surface area contributed by atoms with Crippen molar-refractivity contribution in [1.82, 2.24) is 9.97 Å². The molecule has 2 rings (SSSR count). The number of pyridine rings is 2. The molecule has 2 aromatic rings. The Morgan fingerprint density at radius 3 is 2.57 bits per heavy atom. The van der Waals surface area contributed by atoms with Crippen LogP contribution in [0.3, 0.4) is 0 Å². The third kappa shape index (κ3) is 2.07. The fraction of sp³-hybridized carbons (Fsp3) is 0.0909. The van der Waals surface area contributed by atoms with Crippen molar-refractivity contribution in [2.45, 2.75) is 6.42 Å². The summed E-state index contributed by atoms with van der Waals surface area (Å²) in [7, 11) is 0. The minimum absolute atomic E-state index is 0.728. The van der Waals surface area contributed by atoms with Crippen molar-refractivity contribution in [1.29, 1.82) is 0 Å². The molecule has 2 heterocycles. The first-order valence-electron chi connectivity index (χ1n) is 4.45. The largest absolute Gasteiger partial charge is 0.399 e. The smallest absolute Gasteiger partial charge is 0.0483 e. The molecule has 0 aliphatic heterocycles. The number of rotatable bonds is 2. The fourth-order valence-corrected chi connectivity index (χ4v) is 1.28. The molecule has 3 nitrogen and oxygen atoms in total. The highest BCUT2D eigenvalue weighted by atomic mass is 14.7. The van der Waals surface area contributed by atoms with E-state index in [0.717, 1.165) is 23.5 Å². The van der Waals surface area contributed by atoms with Crippen molar-refractivity contribution < 1.29 is 0 Å². The summed E-state index contributed by atoms with van der Waals surface area (Å²) in [6, 6.07) is 9.49. The second kappa shape index (κ2) is 3.87. The second-order valence-corrected chi connectivity index (χ2v) is 3.08. The van der Waals surface area contributed by atoms with Crippen LogP contribution < -0.4 is 5.73 Å². The Balaban J connectivity index is 2.19. The lowest BCUT2D eigenvalue weighted by Gasteiger charge is -2.00. The van der Waals surface area contributed by atoms with Crippen LogP contribution in [-0.2, 0) is 6.42 Å². The second-order valence-electron chi connectivity index (χ2n) is 3.08. The molecule has 0 aliphatic carbocycles. The highest BCUT2D eigenvalue weighted by Gasteiger charge is 1.97. The number of aromatic nitrogens is 2. The first kappa shape index (κ1) is 8.69. The van der Waals surface area contributed by atoms with Crippen molar-refractivity contribution in [2.24, 2.45) is 0 Å². The molecule has 0 amide bonds. The summed E-state index contributed by atoms with van der Waals surface area (Å²) < 4.78 is 0. The average Bonchev–Trinajstić information content (AvgIpc) is 2.19. The van der Waals surface area contributed by atoms with Crippen molar-refractivity contribution >= 4 is 5.69 Å². The number of nitrogens with zero attached hydrogens (tertiary/aromatic N) is 2. The Bertz CT molecular complexity index is 412. The molecule has 2 aromatic heterocycles. The maximum atomic E-state index is 5.65. The first-order valence-corrected chi connectivity index (χ1v) is 4.45. The number of nitrogens with two attached hydrogens (primary N) is 1. The molecule has 0 aliphatic rings. The van der Waals surface area contributed by atoms with Crippen molar-refractivity contribution in [3.8, 4) is 0 Å². The number of nitrogen functional groups attached to an aromatic ring is 1. The summed E-state index contributed by atoms with van der Waals surface area (Å²) in [5, 5.41) is 0. The van der Waals surface area contributed by atoms with Crippen LogP contribution in [0.25, 0.3) is 0 Å². The van der Waals surface area contributed by atoms with E-state index in [1.807, 2.05) is 24.3 Å². The summed E-state index contributed by atoms with van der Waals surface area (Å²) in [6.07, 6.45) is 4.22. The van der Waals surface area contributed by atoms with Gasteiger partial charge in [-0.2, -0.15) is 0 Å². The summed E-state index contributed by atoms with van der Waals surface area (Å²) in [4.78, 5) is 8.44. The van der Waals surface area contributed by atoms with Crippen LogP contribution in [0, 0.1) is 0 Å². The van der Waals surface area contributed by atoms with Crippen molar-refractivity contribution in [2.75, 3.05) is 5.73 Å². The molecule has 0 bridgehead atoms. The molecule has 14 heavy (non-hydrogen) atoms. The predicted molar refractivity (Wildman–Crippen MR) is 55.7 cm³/mol. The third-order valence-electron chi connectivity index (χ3n) is 1.93. The monoisotopic (exact) mass is 185 g/mol. The Labute approximate surface area is 82.6 Å². The average molecular weight is 185 g/mol. The number of hydrogen-bond acceptors (Lipinski definition) is 3. The van der Waals surface area contributed by atoms with Crippen LogP contribution in [0.1, 0.15) is 11.4 Å². The summed E-state index contributed by atoms with van der Waals surface area (Å²) >= 11 is 0. The Morgan fingerprint density at radius 1 is 1.00 bits per heavy atom. The molecule has 0 radical (unpaired) electrons. The van der Waals surface area contributed by atoms with Crippen LogP contribution >= 0.6 is 0 Å². The van der Waals surface area contributed by atoms with Gasteiger partial charge in [-0.05, 0) is 24.3 Å². The van der Waals surface area contributed by atoms with E-state index >= 15 is 0 Å². The van der Waals surface area contributed by atoms with E-state index in [1.54, 1.807) is 18.5 Å². The SMILES string of the molecule is Nc1ccnc(Cc2ccccn2)c1. The molecule has 0 unspecified atom stereocenters. The maximum absolute atomic E-state index is 5.65. The molecule has 2 N–H and O–H groups in total. The van der Waals surface area contributed by atoms with E-state index in [9.17, 15) is 0 Å². The van der Waals surface area contributed by atoms with Gasteiger partial charge in [0.1, 0.15) is 0 Å². The Morgan fingerprint density at radius 2 is 1.86 bits per heavy atom. The molecule has 0 spiro atoms. The van der Waals surface area contributed by atoms with E-state index < -0.39 is 0 Å². The van der Waals surface area contributed by atoms with Crippen LogP contribution in [-0.4, -0.2) is 9.97 Å². The van der Waals surface area contributed by atoms with Gasteiger partial charge in [-0.1, -0.05) is 6.07 Å². The topological polar surface area (TPSA) is 51.8 Å². The predicted octanol–water partition coefficient (Wildman–Crippen LogP) is 1.65. The van der Waals surface area contributed by atoms with Gasteiger partial charge in [0.2, 0.25) is 0 Å². The van der Waals surface area contributed by atoms with E-state index in [1.165, 1.54) is 0 Å². The van der Waals surface area contributed by atoms with Gasteiger partial charge < -0.3 is 5.73 Å². The molecule has 0 saturated carbocycles. The Hall–Kier alpha value is -1.90. The van der Waals surface area contributed by atoms with Gasteiger partial charge >= 0.3 is 0 Å². The van der Waals surface area contributed by atoms with E-state index in [4.69, 9.17) is 5.73 Å². The van der Waals surface area contributed by atoms with E-state index in [2.05, 4.69) is 9.97 Å². The van der Waals surface area contributed by atoms with Gasteiger partial charge in [-0.3, -0.25) is 9.97 Å². The highest BCUT2D eigenvalue weighted by molar-refractivity contribution is 5.38. The van der Waals surface area contributed by atoms with E-state index in [0.29, 0.717) is 0 Å². The first-order chi connectivity index (χ1) is 6.84. The molecular formula is C11H11N3. The zero-order chi connectivity index (χ0) is 9.80. The van der Waals surface area contributed by atoms with Crippen LogP contribution in [0.4, 0.5) is 5.69 Å². The maximum Gasteiger partial charge on any atom is 0.0483 e. The molecule has 3 heteroatoms. The van der Waals surface area contributed by atoms with Crippen LogP contribution in [0.5, 0.6) is 0 Å². The summed E-state index contributed by atoms with van der Waals surface area (Å²) in [5.41, 5.74) is 8.35. The standard InChI is InChI=1S/C11H11N3/c12-9-4-6-14-11(7-9)8-10-3-1-2-5-13-10/h1-7H,8H2,(H2,12,14). The molecule has 0 atom stereocenters. The molecule has 0 saturated heterocycles. The van der Waals surface area contributed by atoms with Gasteiger partial charge in [0, 0.05) is 35.9 Å². The minimum atomic E-state index is 0.728. The molecule has 0 fully saturated rings. The lowest BCUT2D eigenvalue weighted by atomic mass is 10.2. The Kier molecular flexibility index (Phi) is 2.40. The highest BCUT2D eigenvalue weighted by Crippen LogP contribution is 2.07. The fourth-order valence-electron chi connectivity index (χ4n) is 1.28. The van der Waals surface area contributed by atoms with Gasteiger partial charge in [-0.25, -0.2) is 0 Å². The van der Waals surface area contributed by atoms with Crippen LogP contribution in [0.2, 0.25) is 0 Å². The van der Waals surface area contributed by atoms with Gasteiger partial charge in [-0.15, -0.1) is 0 Å². The number of anilines is 1. The quantitative estimate of drug-likeness (QED) is 0.774. The van der Waals surface area contributed by atoms with Gasteiger partial charge in [0.15, 0.2) is 0 Å². The number of hydrogen-bond donors (Lipinski definition) is 1. The lowest BCUT2D eigenvalue weighted by molar-refractivity contribution is 1.01. The summed E-state index contributed by atoms with van der Waals surface area (Å²) in [5.74, 6) is 0. The summed E-state index contributed by atoms with van der Waals surface area (Å²) in [6.45, 7) is 0. The third-order valence-corrected chi connectivity index (χ3v) is 1.93. The zero-order valence-electron chi connectivity index (χ0n) is 7.72. The lowest BCUT2D eigenvalue weighted by Crippen LogP contribution is -1.95. The van der Waals surface area contributed by atoms with E-state index in [-0.39, 0.29) is 0 Å².